The Bertz CT molecular complexity index is 723. The topological polar surface area (TPSA) is 58.2 Å². The Morgan fingerprint density at radius 3 is 2.26 bits per heavy atom. The van der Waals surface area contributed by atoms with Crippen molar-refractivity contribution in [2.45, 2.75) is 27.2 Å². The van der Waals surface area contributed by atoms with Crippen LogP contribution in [0.4, 0.5) is 5.69 Å². The van der Waals surface area contributed by atoms with Crippen molar-refractivity contribution in [3.63, 3.8) is 0 Å². The van der Waals surface area contributed by atoms with E-state index in [1.54, 1.807) is 24.3 Å². The molecule has 0 aliphatic heterocycles. The lowest BCUT2D eigenvalue weighted by Crippen LogP contribution is -2.24. The fourth-order valence-corrected chi connectivity index (χ4v) is 2.16. The molecular weight excluding hydrogens is 288 g/mol. The van der Waals surface area contributed by atoms with Crippen molar-refractivity contribution in [1.29, 1.82) is 0 Å². The van der Waals surface area contributed by atoms with Crippen molar-refractivity contribution >= 4 is 17.5 Å². The number of anilines is 1. The lowest BCUT2D eigenvalue weighted by Gasteiger charge is -2.09. The first-order chi connectivity index (χ1) is 11.0. The minimum atomic E-state index is -0.224. The van der Waals surface area contributed by atoms with Crippen LogP contribution in [-0.4, -0.2) is 18.4 Å². The van der Waals surface area contributed by atoms with Crippen LogP contribution in [-0.2, 0) is 0 Å². The lowest BCUT2D eigenvalue weighted by atomic mass is 10.1. The predicted molar refractivity (Wildman–Crippen MR) is 92.9 cm³/mol. The molecule has 0 bridgehead atoms. The second-order valence-electron chi connectivity index (χ2n) is 5.59. The van der Waals surface area contributed by atoms with Crippen LogP contribution in [0.25, 0.3) is 0 Å². The predicted octanol–water partition coefficient (Wildman–Crippen LogP) is 3.70. The van der Waals surface area contributed by atoms with Gasteiger partial charge in [0, 0.05) is 23.4 Å². The van der Waals surface area contributed by atoms with Gasteiger partial charge < -0.3 is 10.6 Å². The first-order valence-electron chi connectivity index (χ1n) is 7.78. The van der Waals surface area contributed by atoms with E-state index in [2.05, 4.69) is 10.6 Å². The fraction of sp³-hybridized carbons (Fsp3) is 0.263. The molecule has 0 heterocycles. The third-order valence-electron chi connectivity index (χ3n) is 3.69. The summed E-state index contributed by atoms with van der Waals surface area (Å²) in [5.74, 6) is -0.383. The van der Waals surface area contributed by atoms with Gasteiger partial charge in [0.05, 0.1) is 0 Å². The van der Waals surface area contributed by atoms with Crippen molar-refractivity contribution in [1.82, 2.24) is 5.32 Å². The van der Waals surface area contributed by atoms with E-state index in [0.717, 1.165) is 17.7 Å². The van der Waals surface area contributed by atoms with Gasteiger partial charge >= 0.3 is 0 Å². The first-order valence-corrected chi connectivity index (χ1v) is 7.78. The maximum absolute atomic E-state index is 12.4. The molecule has 4 heteroatoms. The summed E-state index contributed by atoms with van der Waals surface area (Å²) in [5.41, 5.74) is 4.01. The third kappa shape index (κ3) is 4.42. The molecule has 120 valence electrons. The molecule has 2 aromatic rings. The summed E-state index contributed by atoms with van der Waals surface area (Å²) in [6.45, 7) is 6.65. The normalized spacial score (nSPS) is 10.2. The van der Waals surface area contributed by atoms with E-state index in [-0.39, 0.29) is 11.8 Å². The van der Waals surface area contributed by atoms with E-state index in [1.807, 2.05) is 39.0 Å². The largest absolute Gasteiger partial charge is 0.352 e. The Hall–Kier alpha value is -2.62. The Balaban J connectivity index is 2.13. The van der Waals surface area contributed by atoms with Crippen molar-refractivity contribution < 1.29 is 9.59 Å². The smallest absolute Gasteiger partial charge is 0.255 e. The molecule has 0 unspecified atom stereocenters. The minimum Gasteiger partial charge on any atom is -0.352 e. The van der Waals surface area contributed by atoms with Gasteiger partial charge in [0.25, 0.3) is 11.8 Å². The molecule has 0 aromatic heterocycles. The number of benzene rings is 2. The number of amides is 2. The highest BCUT2D eigenvalue weighted by atomic mass is 16.2. The second kappa shape index (κ2) is 7.58. The fourth-order valence-electron chi connectivity index (χ4n) is 2.16. The Morgan fingerprint density at radius 1 is 0.913 bits per heavy atom. The van der Waals surface area contributed by atoms with Crippen LogP contribution in [0.1, 0.15) is 45.2 Å². The van der Waals surface area contributed by atoms with Crippen molar-refractivity contribution in [3.8, 4) is 0 Å². The summed E-state index contributed by atoms with van der Waals surface area (Å²) in [6, 6.07) is 12.5. The molecular formula is C19H22N2O2. The quantitative estimate of drug-likeness (QED) is 0.884. The van der Waals surface area contributed by atoms with Crippen LogP contribution in [0.2, 0.25) is 0 Å². The zero-order valence-electron chi connectivity index (χ0n) is 13.8. The van der Waals surface area contributed by atoms with E-state index < -0.39 is 0 Å². The zero-order chi connectivity index (χ0) is 16.8. The number of hydrogen-bond donors (Lipinski definition) is 2. The van der Waals surface area contributed by atoms with Gasteiger partial charge in [-0.05, 0) is 61.7 Å². The molecule has 0 aliphatic rings. The zero-order valence-corrected chi connectivity index (χ0v) is 13.8. The van der Waals surface area contributed by atoms with E-state index in [1.165, 1.54) is 5.56 Å². The SMILES string of the molecule is CCCNC(=O)c1cccc(C(=O)Nc2ccc(C)c(C)c2)c1. The van der Waals surface area contributed by atoms with Crippen LogP contribution >= 0.6 is 0 Å². The van der Waals surface area contributed by atoms with E-state index >= 15 is 0 Å². The first kappa shape index (κ1) is 16.7. The summed E-state index contributed by atoms with van der Waals surface area (Å²) in [4.78, 5) is 24.3. The van der Waals surface area contributed by atoms with Gasteiger partial charge in [-0.15, -0.1) is 0 Å². The summed E-state index contributed by atoms with van der Waals surface area (Å²) < 4.78 is 0. The Morgan fingerprint density at radius 2 is 1.61 bits per heavy atom. The number of rotatable bonds is 5. The molecule has 0 aliphatic carbocycles. The molecule has 0 saturated heterocycles. The molecule has 0 spiro atoms. The molecule has 0 radical (unpaired) electrons. The molecule has 0 saturated carbocycles. The number of carbonyl (C=O) groups excluding carboxylic acids is 2. The summed E-state index contributed by atoms with van der Waals surface area (Å²) in [7, 11) is 0. The van der Waals surface area contributed by atoms with Crippen LogP contribution in [0.5, 0.6) is 0 Å². The minimum absolute atomic E-state index is 0.160. The van der Waals surface area contributed by atoms with Gasteiger partial charge in [-0.1, -0.05) is 19.1 Å². The average molecular weight is 310 g/mol. The Labute approximate surface area is 136 Å². The lowest BCUT2D eigenvalue weighted by molar-refractivity contribution is 0.0953. The van der Waals surface area contributed by atoms with E-state index in [4.69, 9.17) is 0 Å². The van der Waals surface area contributed by atoms with Crippen molar-refractivity contribution in [3.05, 3.63) is 64.7 Å². The molecule has 0 atom stereocenters. The molecule has 2 rings (SSSR count). The molecule has 4 nitrogen and oxygen atoms in total. The van der Waals surface area contributed by atoms with Gasteiger partial charge in [0.1, 0.15) is 0 Å². The molecule has 2 amide bonds. The van der Waals surface area contributed by atoms with Crippen LogP contribution in [0.3, 0.4) is 0 Å². The summed E-state index contributed by atoms with van der Waals surface area (Å²) >= 11 is 0. The van der Waals surface area contributed by atoms with E-state index in [9.17, 15) is 9.59 Å². The average Bonchev–Trinajstić information content (AvgIpc) is 2.56. The Kier molecular flexibility index (Phi) is 5.52. The third-order valence-corrected chi connectivity index (χ3v) is 3.69. The number of aryl methyl sites for hydroxylation is 2. The van der Waals surface area contributed by atoms with Crippen molar-refractivity contribution in [2.24, 2.45) is 0 Å². The van der Waals surface area contributed by atoms with Gasteiger partial charge in [-0.3, -0.25) is 9.59 Å². The monoisotopic (exact) mass is 310 g/mol. The van der Waals surface area contributed by atoms with Crippen LogP contribution in [0, 0.1) is 13.8 Å². The molecule has 2 N–H and O–H groups in total. The summed E-state index contributed by atoms with van der Waals surface area (Å²) in [6.07, 6.45) is 0.874. The highest BCUT2D eigenvalue weighted by molar-refractivity contribution is 6.06. The van der Waals surface area contributed by atoms with Gasteiger partial charge in [0.15, 0.2) is 0 Å². The molecule has 0 fully saturated rings. The summed E-state index contributed by atoms with van der Waals surface area (Å²) in [5, 5.41) is 5.67. The highest BCUT2D eigenvalue weighted by Gasteiger charge is 2.10. The van der Waals surface area contributed by atoms with Gasteiger partial charge in [0.2, 0.25) is 0 Å². The van der Waals surface area contributed by atoms with Gasteiger partial charge in [-0.25, -0.2) is 0 Å². The van der Waals surface area contributed by atoms with Crippen LogP contribution < -0.4 is 10.6 Å². The molecule has 2 aromatic carbocycles. The van der Waals surface area contributed by atoms with Crippen molar-refractivity contribution in [2.75, 3.05) is 11.9 Å². The highest BCUT2D eigenvalue weighted by Crippen LogP contribution is 2.15. The maximum Gasteiger partial charge on any atom is 0.255 e. The van der Waals surface area contributed by atoms with Crippen LogP contribution in [0.15, 0.2) is 42.5 Å². The number of nitrogens with one attached hydrogen (secondary N) is 2. The molecule has 23 heavy (non-hydrogen) atoms. The second-order valence-corrected chi connectivity index (χ2v) is 5.59. The van der Waals surface area contributed by atoms with E-state index in [0.29, 0.717) is 17.7 Å². The number of carbonyl (C=O) groups is 2. The van der Waals surface area contributed by atoms with Gasteiger partial charge in [-0.2, -0.15) is 0 Å². The number of hydrogen-bond acceptors (Lipinski definition) is 2. The standard InChI is InChI=1S/C19H22N2O2/c1-4-10-20-18(22)15-6-5-7-16(12-15)19(23)21-17-9-8-13(2)14(3)11-17/h5-9,11-12H,4,10H2,1-3H3,(H,20,22)(H,21,23). The maximum atomic E-state index is 12.4.